The number of esters is 2. The number of benzene rings is 1. The maximum Gasteiger partial charge on any atom is 0.308 e. The minimum atomic E-state index is -0.806. The highest BCUT2D eigenvalue weighted by molar-refractivity contribution is 5.92. The first-order valence-electron chi connectivity index (χ1n) is 13.4. The van der Waals surface area contributed by atoms with Crippen LogP contribution >= 0.6 is 0 Å². The molecule has 1 aliphatic heterocycles. The second kappa shape index (κ2) is 11.6. The van der Waals surface area contributed by atoms with Crippen molar-refractivity contribution in [1.29, 1.82) is 0 Å². The second-order valence-corrected chi connectivity index (χ2v) is 10.7. The first kappa shape index (κ1) is 28.4. The van der Waals surface area contributed by atoms with E-state index in [-0.39, 0.29) is 17.9 Å². The Morgan fingerprint density at radius 1 is 1.21 bits per heavy atom. The highest BCUT2D eigenvalue weighted by Gasteiger charge is 2.61. The van der Waals surface area contributed by atoms with Gasteiger partial charge in [-0.3, -0.25) is 19.3 Å². The minimum Gasteiger partial charge on any atom is -0.469 e. The number of ether oxygens (including phenoxy) is 2. The molecular formula is C31H38N2O6. The predicted molar refractivity (Wildman–Crippen MR) is 148 cm³/mol. The Morgan fingerprint density at radius 3 is 2.67 bits per heavy atom. The van der Waals surface area contributed by atoms with E-state index in [9.17, 15) is 14.4 Å². The minimum absolute atomic E-state index is 0.0837. The lowest BCUT2D eigenvalue weighted by molar-refractivity contribution is -0.189. The summed E-state index contributed by atoms with van der Waals surface area (Å²) in [5.74, 6) is 0.363. The van der Waals surface area contributed by atoms with Crippen molar-refractivity contribution in [3.63, 3.8) is 0 Å². The van der Waals surface area contributed by atoms with Gasteiger partial charge in [-0.1, -0.05) is 18.2 Å². The van der Waals surface area contributed by atoms with Gasteiger partial charge in [-0.05, 0) is 69.0 Å². The van der Waals surface area contributed by atoms with E-state index in [0.29, 0.717) is 44.5 Å². The van der Waals surface area contributed by atoms with Crippen molar-refractivity contribution in [3.8, 4) is 5.75 Å². The lowest BCUT2D eigenvalue weighted by Crippen LogP contribution is -2.68. The van der Waals surface area contributed by atoms with Gasteiger partial charge in [0.05, 0.1) is 6.26 Å². The van der Waals surface area contributed by atoms with E-state index >= 15 is 0 Å². The highest BCUT2D eigenvalue weighted by atomic mass is 16.6. The van der Waals surface area contributed by atoms with E-state index in [1.54, 1.807) is 29.4 Å². The number of rotatable bonds is 8. The summed E-state index contributed by atoms with van der Waals surface area (Å²) >= 11 is 0. The molecule has 2 fully saturated rings. The van der Waals surface area contributed by atoms with Gasteiger partial charge in [0.25, 0.3) is 0 Å². The Balaban J connectivity index is 1.72. The van der Waals surface area contributed by atoms with E-state index < -0.39 is 17.0 Å². The number of nitrogens with zero attached hydrogens (tertiary/aromatic N) is 2. The van der Waals surface area contributed by atoms with Crippen molar-refractivity contribution in [1.82, 2.24) is 9.80 Å². The molecule has 0 spiro atoms. The topological polar surface area (TPSA) is 89.3 Å². The van der Waals surface area contributed by atoms with Crippen LogP contribution in [-0.4, -0.2) is 66.0 Å². The molecule has 0 radical (unpaired) electrons. The molecule has 208 valence electrons. The molecule has 39 heavy (non-hydrogen) atoms. The van der Waals surface area contributed by atoms with E-state index in [4.69, 9.17) is 13.9 Å². The van der Waals surface area contributed by atoms with Crippen LogP contribution in [0.4, 0.5) is 0 Å². The molecule has 1 aromatic heterocycles. The molecule has 1 amide bonds. The zero-order valence-electron chi connectivity index (χ0n) is 23.3. The van der Waals surface area contributed by atoms with E-state index in [0.717, 1.165) is 23.4 Å². The molecule has 0 bridgehead atoms. The molecule has 4 rings (SSSR count). The number of fused-ring (bicyclic) bond motifs is 1. The van der Waals surface area contributed by atoms with Gasteiger partial charge in [-0.15, -0.1) is 6.58 Å². The lowest BCUT2D eigenvalue weighted by atomic mass is 9.55. The van der Waals surface area contributed by atoms with Crippen molar-refractivity contribution >= 4 is 23.9 Å². The maximum absolute atomic E-state index is 13.3. The molecule has 1 saturated carbocycles. The van der Waals surface area contributed by atoms with Crippen molar-refractivity contribution in [3.05, 3.63) is 72.2 Å². The van der Waals surface area contributed by atoms with Crippen molar-refractivity contribution in [2.45, 2.75) is 63.5 Å². The van der Waals surface area contributed by atoms with Gasteiger partial charge in [0.2, 0.25) is 5.91 Å². The smallest absolute Gasteiger partial charge is 0.308 e. The Bertz CT molecular complexity index is 1270. The zero-order valence-corrected chi connectivity index (χ0v) is 23.3. The van der Waals surface area contributed by atoms with Gasteiger partial charge in [0.1, 0.15) is 17.1 Å². The number of amides is 1. The Hall–Kier alpha value is -3.65. The number of piperidine rings is 1. The van der Waals surface area contributed by atoms with Crippen LogP contribution in [0, 0.1) is 6.92 Å². The third-order valence-electron chi connectivity index (χ3n) is 8.25. The zero-order chi connectivity index (χ0) is 28.2. The Labute approximate surface area is 230 Å². The van der Waals surface area contributed by atoms with Gasteiger partial charge >= 0.3 is 11.9 Å². The molecular weight excluding hydrogens is 496 g/mol. The summed E-state index contributed by atoms with van der Waals surface area (Å²) in [5, 5.41) is 0. The first-order valence-corrected chi connectivity index (χ1v) is 13.4. The summed E-state index contributed by atoms with van der Waals surface area (Å²) in [4.78, 5) is 41.6. The Morgan fingerprint density at radius 2 is 2.00 bits per heavy atom. The molecule has 1 saturated heterocycles. The lowest BCUT2D eigenvalue weighted by Gasteiger charge is -2.60. The SMILES string of the molecule is C=CCN1CC[C@@]2(c3cccc(OC(C)=O)c3)C[C@H](N(C)C(=O)/C=C/c3ccoc3C)CC[C@]2(OC(C)=O)C1. The average Bonchev–Trinajstić information content (AvgIpc) is 3.30. The van der Waals surface area contributed by atoms with Crippen LogP contribution in [0.5, 0.6) is 5.75 Å². The monoisotopic (exact) mass is 534 g/mol. The van der Waals surface area contributed by atoms with Gasteiger partial charge in [-0.25, -0.2) is 0 Å². The molecule has 2 heterocycles. The van der Waals surface area contributed by atoms with Crippen LogP contribution in [-0.2, 0) is 24.5 Å². The molecule has 2 aliphatic rings. The summed E-state index contributed by atoms with van der Waals surface area (Å²) in [5.41, 5.74) is 0.409. The van der Waals surface area contributed by atoms with Crippen LogP contribution in [0.15, 0.2) is 59.7 Å². The summed E-state index contributed by atoms with van der Waals surface area (Å²) in [6, 6.07) is 9.26. The molecule has 0 N–H and O–H groups in total. The van der Waals surface area contributed by atoms with Crippen molar-refractivity contribution in [2.24, 2.45) is 0 Å². The van der Waals surface area contributed by atoms with E-state index in [1.807, 2.05) is 44.3 Å². The van der Waals surface area contributed by atoms with Crippen molar-refractivity contribution < 1.29 is 28.3 Å². The van der Waals surface area contributed by atoms with Gasteiger partial charge in [0.15, 0.2) is 0 Å². The number of likely N-dealkylation sites (tertiary alicyclic amines) is 1. The third kappa shape index (κ3) is 5.86. The number of aryl methyl sites for hydroxylation is 1. The van der Waals surface area contributed by atoms with E-state index in [2.05, 4.69) is 11.5 Å². The fourth-order valence-electron chi connectivity index (χ4n) is 6.38. The standard InChI is InChI=1S/C31H38N2O6/c1-6-16-33-17-15-30(26-8-7-9-28(19-26)38-23(3)34)20-27(12-14-31(30,21-33)39-24(4)35)32(5)29(36)11-10-25-13-18-37-22(25)2/h6-11,13,18-19,27H,1,12,14-17,20-21H2,2-5H3/b11-10+/t27-,30+,31+/m1/s1. The fraction of sp³-hybridized carbons (Fsp3) is 0.452. The van der Waals surface area contributed by atoms with E-state index in [1.165, 1.54) is 13.8 Å². The number of hydrogen-bond donors (Lipinski definition) is 0. The van der Waals surface area contributed by atoms with Crippen molar-refractivity contribution in [2.75, 3.05) is 26.7 Å². The van der Waals surface area contributed by atoms with Gasteiger partial charge < -0.3 is 18.8 Å². The number of likely N-dealkylation sites (N-methyl/N-ethyl adjacent to an activating group) is 1. The van der Waals surface area contributed by atoms with Crippen LogP contribution < -0.4 is 4.74 Å². The number of hydrogen-bond acceptors (Lipinski definition) is 7. The third-order valence-corrected chi connectivity index (χ3v) is 8.25. The number of furan rings is 1. The highest BCUT2D eigenvalue weighted by Crippen LogP contribution is 2.54. The molecule has 8 heteroatoms. The summed E-state index contributed by atoms with van der Waals surface area (Å²) < 4.78 is 17.1. The molecule has 1 aromatic carbocycles. The fourth-order valence-corrected chi connectivity index (χ4v) is 6.38. The van der Waals surface area contributed by atoms with Crippen LogP contribution in [0.1, 0.15) is 56.4 Å². The molecule has 0 unspecified atom stereocenters. The normalized spacial score (nSPS) is 25.1. The van der Waals surface area contributed by atoms with Gasteiger partial charge in [-0.2, -0.15) is 0 Å². The average molecular weight is 535 g/mol. The van der Waals surface area contributed by atoms with Gasteiger partial charge in [0, 0.05) is 57.1 Å². The molecule has 2 aromatic rings. The molecule has 8 nitrogen and oxygen atoms in total. The van der Waals surface area contributed by atoms with Crippen LogP contribution in [0.2, 0.25) is 0 Å². The predicted octanol–water partition coefficient (Wildman–Crippen LogP) is 4.67. The summed E-state index contributed by atoms with van der Waals surface area (Å²) in [6.45, 7) is 10.6. The number of carbonyl (C=O) groups excluding carboxylic acids is 3. The maximum atomic E-state index is 13.3. The summed E-state index contributed by atoms with van der Waals surface area (Å²) in [7, 11) is 1.83. The molecule has 3 atom stereocenters. The first-order chi connectivity index (χ1) is 18.6. The quantitative estimate of drug-likeness (QED) is 0.210. The largest absolute Gasteiger partial charge is 0.469 e. The van der Waals surface area contributed by atoms with Crippen LogP contribution in [0.25, 0.3) is 6.08 Å². The number of carbonyl (C=O) groups is 3. The summed E-state index contributed by atoms with van der Waals surface area (Å²) in [6.07, 6.45) is 9.40. The van der Waals surface area contributed by atoms with Crippen LogP contribution in [0.3, 0.4) is 0 Å². The molecule has 1 aliphatic carbocycles. The second-order valence-electron chi connectivity index (χ2n) is 10.7. The Kier molecular flexibility index (Phi) is 8.45.